The van der Waals surface area contributed by atoms with E-state index >= 15 is 0 Å². The van der Waals surface area contributed by atoms with Crippen molar-refractivity contribution in [3.8, 4) is 5.75 Å². The molecular formula is C21H31NO2. The van der Waals surface area contributed by atoms with Crippen LogP contribution in [0.5, 0.6) is 5.75 Å². The normalized spacial score (nSPS) is 35.3. The summed E-state index contributed by atoms with van der Waals surface area (Å²) in [5.41, 5.74) is 8.18. The third kappa shape index (κ3) is 2.88. The number of aromatic hydroxyl groups is 1. The van der Waals surface area contributed by atoms with E-state index in [2.05, 4.69) is 20.8 Å². The molecule has 4 atom stereocenters. The molecule has 2 aliphatic carbocycles. The molecule has 2 saturated carbocycles. The molecule has 0 radical (unpaired) electrons. The first-order valence-electron chi connectivity index (χ1n) is 9.24. The van der Waals surface area contributed by atoms with Gasteiger partial charge in [0.2, 0.25) is 0 Å². The highest BCUT2D eigenvalue weighted by Gasteiger charge is 2.55. The van der Waals surface area contributed by atoms with Crippen molar-refractivity contribution < 1.29 is 9.90 Å². The number of ketones is 1. The fourth-order valence-corrected chi connectivity index (χ4v) is 5.66. The number of aryl methyl sites for hydroxylation is 1. The molecule has 0 aliphatic heterocycles. The van der Waals surface area contributed by atoms with Gasteiger partial charge in [0.05, 0.1) is 0 Å². The Morgan fingerprint density at radius 3 is 2.54 bits per heavy atom. The van der Waals surface area contributed by atoms with Gasteiger partial charge in [-0.3, -0.25) is 4.79 Å². The zero-order valence-corrected chi connectivity index (χ0v) is 15.4. The van der Waals surface area contributed by atoms with Crippen molar-refractivity contribution in [2.45, 2.75) is 65.8 Å². The van der Waals surface area contributed by atoms with E-state index in [0.717, 1.165) is 24.8 Å². The second-order valence-electron chi connectivity index (χ2n) is 9.11. The van der Waals surface area contributed by atoms with Crippen LogP contribution in [0.15, 0.2) is 18.2 Å². The molecule has 3 rings (SSSR count). The lowest BCUT2D eigenvalue weighted by Gasteiger charge is -2.58. The molecule has 3 nitrogen and oxygen atoms in total. The van der Waals surface area contributed by atoms with Gasteiger partial charge in [0.25, 0.3) is 0 Å². The van der Waals surface area contributed by atoms with Crippen LogP contribution in [0.1, 0.15) is 68.8 Å². The summed E-state index contributed by atoms with van der Waals surface area (Å²) in [6, 6.07) is 5.29. The second kappa shape index (κ2) is 5.87. The number of rotatable bonds is 2. The van der Waals surface area contributed by atoms with Crippen molar-refractivity contribution in [3.63, 3.8) is 0 Å². The zero-order chi connectivity index (χ0) is 17.7. The van der Waals surface area contributed by atoms with Gasteiger partial charge >= 0.3 is 0 Å². The molecule has 0 heterocycles. The van der Waals surface area contributed by atoms with Crippen molar-refractivity contribution in [1.82, 2.24) is 0 Å². The molecule has 132 valence electrons. The van der Waals surface area contributed by atoms with Gasteiger partial charge in [-0.25, -0.2) is 0 Å². The quantitative estimate of drug-likeness (QED) is 0.788. The Kier molecular flexibility index (Phi) is 4.28. The van der Waals surface area contributed by atoms with Crippen molar-refractivity contribution in [2.75, 3.05) is 0 Å². The summed E-state index contributed by atoms with van der Waals surface area (Å²) in [6.45, 7) is 8.90. The lowest BCUT2D eigenvalue weighted by Crippen LogP contribution is -2.55. The Morgan fingerprint density at radius 2 is 1.88 bits per heavy atom. The molecule has 3 N–H and O–H groups in total. The maximum absolute atomic E-state index is 13.4. The maximum atomic E-state index is 13.4. The van der Waals surface area contributed by atoms with Crippen molar-refractivity contribution in [2.24, 2.45) is 28.4 Å². The van der Waals surface area contributed by atoms with Crippen molar-refractivity contribution in [3.05, 3.63) is 29.3 Å². The molecule has 0 spiro atoms. The van der Waals surface area contributed by atoms with Crippen LogP contribution in [0, 0.1) is 29.6 Å². The topological polar surface area (TPSA) is 63.3 Å². The number of hydrogen-bond acceptors (Lipinski definition) is 3. The molecule has 0 amide bonds. The van der Waals surface area contributed by atoms with Gasteiger partial charge in [-0.15, -0.1) is 0 Å². The van der Waals surface area contributed by atoms with Crippen molar-refractivity contribution in [1.29, 1.82) is 0 Å². The number of Topliss-reactive ketones (excluding diaryl/α,β-unsaturated/α-hetero) is 1. The molecule has 2 fully saturated rings. The van der Waals surface area contributed by atoms with Crippen LogP contribution in [-0.4, -0.2) is 16.9 Å². The molecule has 2 aliphatic rings. The monoisotopic (exact) mass is 329 g/mol. The molecule has 0 saturated heterocycles. The highest BCUT2D eigenvalue weighted by atomic mass is 16.3. The summed E-state index contributed by atoms with van der Waals surface area (Å²) in [7, 11) is 0. The summed E-state index contributed by atoms with van der Waals surface area (Å²) < 4.78 is 0. The van der Waals surface area contributed by atoms with Crippen LogP contribution in [0.25, 0.3) is 0 Å². The first-order valence-corrected chi connectivity index (χ1v) is 9.24. The average Bonchev–Trinajstić information content (AvgIpc) is 2.46. The lowest BCUT2D eigenvalue weighted by atomic mass is 9.47. The molecule has 1 aromatic rings. The van der Waals surface area contributed by atoms with Crippen LogP contribution in [0.2, 0.25) is 0 Å². The summed E-state index contributed by atoms with van der Waals surface area (Å²) in [5, 5.41) is 9.90. The summed E-state index contributed by atoms with van der Waals surface area (Å²) in [5.74, 6) is 0.764. The Bertz CT molecular complexity index is 631. The van der Waals surface area contributed by atoms with Crippen LogP contribution in [0.3, 0.4) is 0 Å². The minimum Gasteiger partial charge on any atom is -0.508 e. The molecule has 1 aromatic carbocycles. The van der Waals surface area contributed by atoms with Crippen LogP contribution in [-0.2, 0) is 0 Å². The Labute approximate surface area is 145 Å². The number of benzene rings is 1. The van der Waals surface area contributed by atoms with E-state index in [1.165, 1.54) is 12.8 Å². The first-order chi connectivity index (χ1) is 11.1. The molecule has 3 heteroatoms. The van der Waals surface area contributed by atoms with E-state index < -0.39 is 0 Å². The Morgan fingerprint density at radius 1 is 1.17 bits per heavy atom. The summed E-state index contributed by atoms with van der Waals surface area (Å²) in [4.78, 5) is 13.4. The smallest absolute Gasteiger partial charge is 0.166 e. The first kappa shape index (κ1) is 17.5. The van der Waals surface area contributed by atoms with E-state index in [1.54, 1.807) is 12.1 Å². The standard InChI is InChI=1S/C21H31NO2/c1-13-8-14(10-16(23)9-13)19(24)17-11-15(22)12-18-20(2,3)6-5-7-21(17,18)4/h8-10,15,17-18,23H,5-7,11-12,22H2,1-4H3/t15-,17+,18-,21+/m0/s1. The minimum atomic E-state index is -0.0491. The SMILES string of the molecule is Cc1cc(O)cc(C(=O)[C@H]2C[C@H](N)C[C@H]3C(C)(C)CCC[C@]23C)c1. The van der Waals surface area contributed by atoms with Gasteiger partial charge in [-0.2, -0.15) is 0 Å². The predicted octanol–water partition coefficient (Wildman–Crippen LogP) is 4.45. The van der Waals surface area contributed by atoms with E-state index in [-0.39, 0.29) is 34.3 Å². The maximum Gasteiger partial charge on any atom is 0.166 e. The number of phenols is 1. The van der Waals surface area contributed by atoms with E-state index in [0.29, 0.717) is 11.5 Å². The fraction of sp³-hybridized carbons (Fsp3) is 0.667. The molecule has 0 unspecified atom stereocenters. The van der Waals surface area contributed by atoms with Crippen LogP contribution in [0.4, 0.5) is 0 Å². The fourth-order valence-electron chi connectivity index (χ4n) is 5.66. The minimum absolute atomic E-state index is 0.00800. The van der Waals surface area contributed by atoms with Crippen LogP contribution < -0.4 is 5.73 Å². The van der Waals surface area contributed by atoms with Crippen LogP contribution >= 0.6 is 0 Å². The number of nitrogens with two attached hydrogens (primary N) is 1. The third-order valence-electron chi connectivity index (χ3n) is 6.81. The number of hydrogen-bond donors (Lipinski definition) is 2. The van der Waals surface area contributed by atoms with Gasteiger partial charge in [-0.1, -0.05) is 27.2 Å². The number of phenolic OH excluding ortho intramolecular Hbond substituents is 1. The Hall–Kier alpha value is -1.35. The number of fused-ring (bicyclic) bond motifs is 1. The van der Waals surface area contributed by atoms with E-state index in [4.69, 9.17) is 5.73 Å². The third-order valence-corrected chi connectivity index (χ3v) is 6.81. The highest BCUT2D eigenvalue weighted by molar-refractivity contribution is 5.99. The lowest BCUT2D eigenvalue weighted by molar-refractivity contribution is -0.0668. The average molecular weight is 329 g/mol. The zero-order valence-electron chi connectivity index (χ0n) is 15.4. The summed E-state index contributed by atoms with van der Waals surface area (Å²) in [6.07, 6.45) is 5.27. The van der Waals surface area contributed by atoms with Gasteiger partial charge < -0.3 is 10.8 Å². The molecule has 0 aromatic heterocycles. The van der Waals surface area contributed by atoms with Gasteiger partial charge in [0.15, 0.2) is 5.78 Å². The van der Waals surface area contributed by atoms with E-state index in [1.807, 2.05) is 13.0 Å². The van der Waals surface area contributed by atoms with Gasteiger partial charge in [-0.05, 0) is 73.1 Å². The van der Waals surface area contributed by atoms with Gasteiger partial charge in [0, 0.05) is 17.5 Å². The van der Waals surface area contributed by atoms with E-state index in [9.17, 15) is 9.90 Å². The molecule has 24 heavy (non-hydrogen) atoms. The second-order valence-corrected chi connectivity index (χ2v) is 9.11. The Balaban J connectivity index is 2.00. The predicted molar refractivity (Wildman–Crippen MR) is 97.1 cm³/mol. The number of carbonyl (C=O) groups excluding carboxylic acids is 1. The summed E-state index contributed by atoms with van der Waals surface area (Å²) >= 11 is 0. The molecular weight excluding hydrogens is 298 g/mol. The van der Waals surface area contributed by atoms with Crippen molar-refractivity contribution >= 4 is 5.78 Å². The highest BCUT2D eigenvalue weighted by Crippen LogP contribution is 2.60. The largest absolute Gasteiger partial charge is 0.508 e. The molecule has 0 bridgehead atoms. The van der Waals surface area contributed by atoms with Gasteiger partial charge in [0.1, 0.15) is 5.75 Å². The number of carbonyl (C=O) groups is 1.